The molecule has 5 nitrogen and oxygen atoms in total. The molecular formula is C9H19NO4S. The van der Waals surface area contributed by atoms with Crippen LogP contribution in [0.15, 0.2) is 0 Å². The van der Waals surface area contributed by atoms with Gasteiger partial charge in [0.15, 0.2) is 0 Å². The van der Waals surface area contributed by atoms with Crippen LogP contribution >= 0.6 is 0 Å². The van der Waals surface area contributed by atoms with E-state index in [1.807, 2.05) is 6.92 Å². The molecule has 2 N–H and O–H groups in total. The van der Waals surface area contributed by atoms with Gasteiger partial charge >= 0.3 is 5.97 Å². The highest BCUT2D eigenvalue weighted by atomic mass is 32.2. The molecule has 0 aliphatic carbocycles. The van der Waals surface area contributed by atoms with E-state index in [1.165, 1.54) is 20.8 Å². The van der Waals surface area contributed by atoms with Crippen LogP contribution in [0.4, 0.5) is 0 Å². The van der Waals surface area contributed by atoms with E-state index in [0.717, 1.165) is 0 Å². The molecule has 90 valence electrons. The van der Waals surface area contributed by atoms with Crippen LogP contribution in [0.3, 0.4) is 0 Å². The van der Waals surface area contributed by atoms with Crippen molar-refractivity contribution >= 4 is 16.0 Å². The Kier molecular flexibility index (Phi) is 4.73. The lowest BCUT2D eigenvalue weighted by Crippen LogP contribution is -2.53. The average molecular weight is 237 g/mol. The Morgan fingerprint density at radius 2 is 1.93 bits per heavy atom. The number of carbonyl (C=O) groups is 1. The summed E-state index contributed by atoms with van der Waals surface area (Å²) in [5.41, 5.74) is -1.40. The highest BCUT2D eigenvalue weighted by Gasteiger charge is 2.37. The number of hydrogen-bond donors (Lipinski definition) is 2. The summed E-state index contributed by atoms with van der Waals surface area (Å²) >= 11 is 0. The topological polar surface area (TPSA) is 83.5 Å². The smallest absolute Gasteiger partial charge is 0.324 e. The molecule has 0 aliphatic rings. The van der Waals surface area contributed by atoms with Crippen molar-refractivity contribution in [2.75, 3.05) is 0 Å². The van der Waals surface area contributed by atoms with Crippen molar-refractivity contribution in [3.8, 4) is 0 Å². The molecule has 15 heavy (non-hydrogen) atoms. The zero-order valence-corrected chi connectivity index (χ0v) is 10.4. The lowest BCUT2D eigenvalue weighted by atomic mass is 9.98. The van der Waals surface area contributed by atoms with Crippen LogP contribution < -0.4 is 4.72 Å². The summed E-state index contributed by atoms with van der Waals surface area (Å²) in [4.78, 5) is 11.0. The van der Waals surface area contributed by atoms with Crippen LogP contribution in [0.2, 0.25) is 0 Å². The van der Waals surface area contributed by atoms with Gasteiger partial charge in [-0.3, -0.25) is 4.79 Å². The van der Waals surface area contributed by atoms with Crippen LogP contribution in [-0.4, -0.2) is 30.3 Å². The summed E-state index contributed by atoms with van der Waals surface area (Å²) in [6.45, 7) is 6.22. The average Bonchev–Trinajstić information content (AvgIpc) is 2.02. The zero-order chi connectivity index (χ0) is 12.3. The fraction of sp³-hybridized carbons (Fsp3) is 0.889. The van der Waals surface area contributed by atoms with Crippen molar-refractivity contribution in [1.29, 1.82) is 0 Å². The second-order valence-corrected chi connectivity index (χ2v) is 6.32. The van der Waals surface area contributed by atoms with Gasteiger partial charge in [0, 0.05) is 0 Å². The van der Waals surface area contributed by atoms with Gasteiger partial charge in [-0.05, 0) is 27.2 Å². The van der Waals surface area contributed by atoms with E-state index in [2.05, 4.69) is 4.72 Å². The van der Waals surface area contributed by atoms with Gasteiger partial charge < -0.3 is 5.11 Å². The third-order valence-electron chi connectivity index (χ3n) is 2.21. The Hall–Kier alpha value is -0.620. The van der Waals surface area contributed by atoms with Gasteiger partial charge in [-0.25, -0.2) is 8.42 Å². The van der Waals surface area contributed by atoms with Crippen LogP contribution in [0, 0.1) is 0 Å². The number of aliphatic carboxylic acids is 1. The van der Waals surface area contributed by atoms with Gasteiger partial charge in [0.05, 0.1) is 5.25 Å². The van der Waals surface area contributed by atoms with E-state index < -0.39 is 26.8 Å². The molecule has 0 rings (SSSR count). The van der Waals surface area contributed by atoms with Crippen molar-refractivity contribution in [2.45, 2.75) is 51.3 Å². The molecule has 0 saturated carbocycles. The molecule has 0 radical (unpaired) electrons. The molecule has 6 heteroatoms. The van der Waals surface area contributed by atoms with Gasteiger partial charge in [-0.2, -0.15) is 4.72 Å². The molecule has 0 amide bonds. The summed E-state index contributed by atoms with van der Waals surface area (Å²) in [5, 5.41) is 8.35. The molecule has 0 saturated heterocycles. The first-order valence-electron chi connectivity index (χ1n) is 4.92. The van der Waals surface area contributed by atoms with Crippen molar-refractivity contribution < 1.29 is 18.3 Å². The first-order chi connectivity index (χ1) is 6.65. The van der Waals surface area contributed by atoms with Crippen LogP contribution in [-0.2, 0) is 14.8 Å². The predicted octanol–water partition coefficient (Wildman–Crippen LogP) is 0.958. The van der Waals surface area contributed by atoms with Crippen molar-refractivity contribution in [1.82, 2.24) is 4.72 Å². The zero-order valence-electron chi connectivity index (χ0n) is 9.57. The Balaban J connectivity index is 4.93. The Morgan fingerprint density at radius 1 is 1.47 bits per heavy atom. The highest BCUT2D eigenvalue weighted by Crippen LogP contribution is 2.15. The Labute approximate surface area is 90.9 Å². The van der Waals surface area contributed by atoms with Crippen molar-refractivity contribution in [3.05, 3.63) is 0 Å². The summed E-state index contributed by atoms with van der Waals surface area (Å²) in [6, 6.07) is 0. The lowest BCUT2D eigenvalue weighted by Gasteiger charge is -2.26. The first kappa shape index (κ1) is 14.4. The number of carboxylic acid groups (broad SMARTS) is 1. The maximum Gasteiger partial charge on any atom is 0.324 e. The molecular weight excluding hydrogens is 218 g/mol. The van der Waals surface area contributed by atoms with Crippen LogP contribution in [0.25, 0.3) is 0 Å². The second kappa shape index (κ2) is 4.94. The predicted molar refractivity (Wildman–Crippen MR) is 58.1 cm³/mol. The quantitative estimate of drug-likeness (QED) is 0.720. The van der Waals surface area contributed by atoms with E-state index in [-0.39, 0.29) is 6.42 Å². The van der Waals surface area contributed by atoms with E-state index in [1.54, 1.807) is 0 Å². The van der Waals surface area contributed by atoms with Gasteiger partial charge in [0.2, 0.25) is 10.0 Å². The molecule has 0 aromatic carbocycles. The van der Waals surface area contributed by atoms with Gasteiger partial charge in [-0.1, -0.05) is 13.3 Å². The SMILES string of the molecule is CCCC(C)(NS(=O)(=O)C(C)C)C(=O)O. The molecule has 0 aromatic heterocycles. The molecule has 1 atom stereocenters. The number of nitrogens with one attached hydrogen (secondary N) is 1. The summed E-state index contributed by atoms with van der Waals surface area (Å²) in [6.07, 6.45) is 0.873. The Morgan fingerprint density at radius 3 is 2.20 bits per heavy atom. The lowest BCUT2D eigenvalue weighted by molar-refractivity contribution is -0.143. The largest absolute Gasteiger partial charge is 0.480 e. The summed E-state index contributed by atoms with van der Waals surface area (Å²) < 4.78 is 25.3. The van der Waals surface area contributed by atoms with E-state index in [9.17, 15) is 13.2 Å². The minimum absolute atomic E-state index is 0.272. The van der Waals surface area contributed by atoms with E-state index >= 15 is 0 Å². The standard InChI is InChI=1S/C9H19NO4S/c1-5-6-9(4,8(11)12)10-15(13,14)7(2)3/h7,10H,5-6H2,1-4H3,(H,11,12). The maximum absolute atomic E-state index is 11.6. The molecule has 0 spiro atoms. The van der Waals surface area contributed by atoms with Gasteiger partial charge in [0.25, 0.3) is 0 Å². The monoisotopic (exact) mass is 237 g/mol. The normalized spacial score (nSPS) is 16.3. The molecule has 0 fully saturated rings. The molecule has 0 heterocycles. The molecule has 0 bridgehead atoms. The third-order valence-corrected chi connectivity index (χ3v) is 4.19. The third kappa shape index (κ3) is 3.79. The fourth-order valence-corrected chi connectivity index (χ4v) is 2.19. The first-order valence-corrected chi connectivity index (χ1v) is 6.46. The van der Waals surface area contributed by atoms with Crippen molar-refractivity contribution in [3.63, 3.8) is 0 Å². The van der Waals surface area contributed by atoms with Gasteiger partial charge in [-0.15, -0.1) is 0 Å². The van der Waals surface area contributed by atoms with Crippen LogP contribution in [0.5, 0.6) is 0 Å². The number of rotatable bonds is 6. The van der Waals surface area contributed by atoms with Crippen LogP contribution in [0.1, 0.15) is 40.5 Å². The molecule has 1 unspecified atom stereocenters. The fourth-order valence-electron chi connectivity index (χ4n) is 1.13. The number of carboxylic acids is 1. The number of hydrogen-bond acceptors (Lipinski definition) is 3. The van der Waals surface area contributed by atoms with E-state index in [4.69, 9.17) is 5.11 Å². The summed E-state index contributed by atoms with van der Waals surface area (Å²) in [5.74, 6) is -1.14. The molecule has 0 aliphatic heterocycles. The highest BCUT2D eigenvalue weighted by molar-refractivity contribution is 7.90. The maximum atomic E-state index is 11.6. The second-order valence-electron chi connectivity index (χ2n) is 4.08. The minimum Gasteiger partial charge on any atom is -0.480 e. The van der Waals surface area contributed by atoms with Crippen molar-refractivity contribution in [2.24, 2.45) is 0 Å². The van der Waals surface area contributed by atoms with E-state index in [0.29, 0.717) is 6.42 Å². The minimum atomic E-state index is -3.55. The number of sulfonamides is 1. The summed E-state index contributed by atoms with van der Waals surface area (Å²) in [7, 11) is -3.55. The Bertz CT molecular complexity index is 323. The molecule has 0 aromatic rings. The van der Waals surface area contributed by atoms with Gasteiger partial charge in [0.1, 0.15) is 5.54 Å².